The maximum Gasteiger partial charge on any atom is 0.240 e. The molecule has 0 aliphatic carbocycles. The topological polar surface area (TPSA) is 51.0 Å². The summed E-state index contributed by atoms with van der Waals surface area (Å²) >= 11 is 3.36. The first kappa shape index (κ1) is 18.1. The second kappa shape index (κ2) is 8.61. The van der Waals surface area contributed by atoms with Crippen LogP contribution in [-0.4, -0.2) is 10.1 Å². The van der Waals surface area contributed by atoms with Crippen LogP contribution in [0.15, 0.2) is 63.8 Å². The zero-order valence-electron chi connectivity index (χ0n) is 15.1. The zero-order valence-corrected chi connectivity index (χ0v) is 16.7. The van der Waals surface area contributed by atoms with E-state index in [2.05, 4.69) is 64.2 Å². The molecule has 27 heavy (non-hydrogen) atoms. The molecule has 0 saturated heterocycles. The molecule has 0 fully saturated rings. The molecule has 3 aromatic heterocycles. The van der Waals surface area contributed by atoms with Crippen LogP contribution in [-0.2, 0) is 13.0 Å². The van der Waals surface area contributed by atoms with Gasteiger partial charge >= 0.3 is 0 Å². The Balaban J connectivity index is 1.50. The van der Waals surface area contributed by atoms with Gasteiger partial charge in [0.15, 0.2) is 0 Å². The molecule has 1 aromatic carbocycles. The molecule has 0 unspecified atom stereocenters. The van der Waals surface area contributed by atoms with Gasteiger partial charge in [-0.3, -0.25) is 5.32 Å². The molecule has 0 spiro atoms. The van der Waals surface area contributed by atoms with Crippen LogP contribution < -0.4 is 5.32 Å². The maximum atomic E-state index is 5.43. The van der Waals surface area contributed by atoms with Crippen molar-refractivity contribution in [3.05, 3.63) is 81.2 Å². The number of aryl methyl sites for hydroxylation is 1. The molecule has 0 amide bonds. The number of aromatic nitrogens is 2. The first-order valence-corrected chi connectivity index (χ1v) is 10.8. The molecule has 3 heterocycles. The summed E-state index contributed by atoms with van der Waals surface area (Å²) in [5.74, 6) is 1.25. The summed E-state index contributed by atoms with van der Waals surface area (Å²) in [4.78, 5) is 6.81. The van der Waals surface area contributed by atoms with Gasteiger partial charge in [-0.25, -0.2) is 0 Å². The lowest BCUT2D eigenvalue weighted by Gasteiger charge is -2.17. The zero-order chi connectivity index (χ0) is 18.5. The normalized spacial score (nSPS) is 12.3. The van der Waals surface area contributed by atoms with Crippen LogP contribution in [0.2, 0.25) is 0 Å². The molecule has 0 radical (unpaired) electrons. The highest BCUT2D eigenvalue weighted by Crippen LogP contribution is 2.27. The summed E-state index contributed by atoms with van der Waals surface area (Å²) in [6, 6.07) is 17.2. The molecule has 6 heteroatoms. The summed E-state index contributed by atoms with van der Waals surface area (Å²) in [5, 5.41) is 11.8. The van der Waals surface area contributed by atoms with E-state index in [0.717, 1.165) is 17.7 Å². The molecule has 1 N–H and O–H groups in total. The molecule has 0 aliphatic heterocycles. The predicted octanol–water partition coefficient (Wildman–Crippen LogP) is 5.69. The van der Waals surface area contributed by atoms with Crippen LogP contribution in [0.5, 0.6) is 0 Å². The summed E-state index contributed by atoms with van der Waals surface area (Å²) in [5.41, 5.74) is 2.62. The van der Waals surface area contributed by atoms with E-state index in [9.17, 15) is 0 Å². The van der Waals surface area contributed by atoms with E-state index in [1.54, 1.807) is 22.7 Å². The number of nitrogens with zero attached hydrogens (tertiary/aromatic N) is 2. The standard InChI is InChI=1S/C21H21N3OS2/c1-2-5-15-8-10-16(11-9-15)20(17-6-3-12-26-17)22-14-19-23-21(24-25-19)18-7-4-13-27-18/h3-4,6-13,20,22H,2,5,14H2,1H3/t20-/m1/s1. The number of rotatable bonds is 8. The Morgan fingerprint density at radius 1 is 1.04 bits per heavy atom. The third-order valence-corrected chi connectivity index (χ3v) is 6.15. The lowest BCUT2D eigenvalue weighted by atomic mass is 10.0. The molecule has 0 saturated carbocycles. The summed E-state index contributed by atoms with van der Waals surface area (Å²) in [6.45, 7) is 2.73. The van der Waals surface area contributed by atoms with E-state index in [-0.39, 0.29) is 6.04 Å². The number of hydrogen-bond acceptors (Lipinski definition) is 6. The lowest BCUT2D eigenvalue weighted by Crippen LogP contribution is -2.21. The largest absolute Gasteiger partial charge is 0.338 e. The second-order valence-corrected chi connectivity index (χ2v) is 8.24. The van der Waals surface area contributed by atoms with E-state index < -0.39 is 0 Å². The highest BCUT2D eigenvalue weighted by atomic mass is 32.1. The van der Waals surface area contributed by atoms with Crippen molar-refractivity contribution in [1.29, 1.82) is 0 Å². The van der Waals surface area contributed by atoms with Gasteiger partial charge in [-0.15, -0.1) is 22.7 Å². The summed E-state index contributed by atoms with van der Waals surface area (Å²) < 4.78 is 5.43. The van der Waals surface area contributed by atoms with Crippen LogP contribution in [0.25, 0.3) is 10.7 Å². The maximum absolute atomic E-state index is 5.43. The molecule has 138 valence electrons. The van der Waals surface area contributed by atoms with Crippen molar-refractivity contribution in [2.24, 2.45) is 0 Å². The molecule has 0 aliphatic rings. The van der Waals surface area contributed by atoms with Crippen LogP contribution in [0.3, 0.4) is 0 Å². The van der Waals surface area contributed by atoms with Crippen molar-refractivity contribution in [3.8, 4) is 10.7 Å². The SMILES string of the molecule is CCCc1ccc([C@@H](NCc2nc(-c3cccs3)no2)c2cccs2)cc1. The van der Waals surface area contributed by atoms with E-state index in [0.29, 0.717) is 18.3 Å². The molecule has 0 bridgehead atoms. The minimum absolute atomic E-state index is 0.109. The van der Waals surface area contributed by atoms with E-state index >= 15 is 0 Å². The van der Waals surface area contributed by atoms with Crippen LogP contribution in [0.1, 0.15) is 41.3 Å². The van der Waals surface area contributed by atoms with Crippen LogP contribution in [0.4, 0.5) is 0 Å². The van der Waals surface area contributed by atoms with Gasteiger partial charge in [0.1, 0.15) is 0 Å². The molecular weight excluding hydrogens is 374 g/mol. The van der Waals surface area contributed by atoms with Crippen LogP contribution >= 0.6 is 22.7 Å². The second-order valence-electron chi connectivity index (χ2n) is 6.31. The molecule has 4 aromatic rings. The van der Waals surface area contributed by atoms with Crippen molar-refractivity contribution >= 4 is 22.7 Å². The average molecular weight is 396 g/mol. The van der Waals surface area contributed by atoms with Gasteiger partial charge in [0, 0.05) is 4.88 Å². The number of benzene rings is 1. The average Bonchev–Trinajstić information content (AvgIpc) is 3.46. The van der Waals surface area contributed by atoms with Gasteiger partial charge in [-0.2, -0.15) is 4.98 Å². The van der Waals surface area contributed by atoms with Crippen LogP contribution in [0, 0.1) is 0 Å². The fourth-order valence-electron chi connectivity index (χ4n) is 3.03. The van der Waals surface area contributed by atoms with E-state index in [1.807, 2.05) is 17.5 Å². The van der Waals surface area contributed by atoms with Crippen molar-refractivity contribution in [3.63, 3.8) is 0 Å². The number of thiophene rings is 2. The Morgan fingerprint density at radius 2 is 1.85 bits per heavy atom. The highest BCUT2D eigenvalue weighted by molar-refractivity contribution is 7.13. The van der Waals surface area contributed by atoms with Gasteiger partial charge in [-0.1, -0.05) is 54.9 Å². The van der Waals surface area contributed by atoms with Gasteiger partial charge in [-0.05, 0) is 40.4 Å². The van der Waals surface area contributed by atoms with Gasteiger partial charge in [0.25, 0.3) is 0 Å². The summed E-state index contributed by atoms with van der Waals surface area (Å²) in [6.07, 6.45) is 2.28. The Kier molecular flexibility index (Phi) is 5.77. The predicted molar refractivity (Wildman–Crippen MR) is 111 cm³/mol. The fraction of sp³-hybridized carbons (Fsp3) is 0.238. The molecule has 1 atom stereocenters. The van der Waals surface area contributed by atoms with Gasteiger partial charge in [0.2, 0.25) is 11.7 Å². The number of hydrogen-bond donors (Lipinski definition) is 1. The Labute approximate surface area is 166 Å². The third kappa shape index (κ3) is 4.35. The molecule has 4 rings (SSSR count). The smallest absolute Gasteiger partial charge is 0.240 e. The van der Waals surface area contributed by atoms with Gasteiger partial charge in [0.05, 0.1) is 17.5 Å². The first-order valence-electron chi connectivity index (χ1n) is 9.05. The Hall–Kier alpha value is -2.28. The van der Waals surface area contributed by atoms with E-state index in [4.69, 9.17) is 4.52 Å². The van der Waals surface area contributed by atoms with Crippen molar-refractivity contribution in [2.45, 2.75) is 32.4 Å². The van der Waals surface area contributed by atoms with E-state index in [1.165, 1.54) is 16.0 Å². The Morgan fingerprint density at radius 3 is 2.56 bits per heavy atom. The number of nitrogens with one attached hydrogen (secondary N) is 1. The minimum Gasteiger partial charge on any atom is -0.338 e. The molecular formula is C21H21N3OS2. The fourth-order valence-corrected chi connectivity index (χ4v) is 4.50. The minimum atomic E-state index is 0.109. The Bertz CT molecular complexity index is 944. The third-order valence-electron chi connectivity index (χ3n) is 4.35. The first-order chi connectivity index (χ1) is 13.3. The van der Waals surface area contributed by atoms with Crippen molar-refractivity contribution in [2.75, 3.05) is 0 Å². The lowest BCUT2D eigenvalue weighted by molar-refractivity contribution is 0.363. The quantitative estimate of drug-likeness (QED) is 0.416. The van der Waals surface area contributed by atoms with Crippen molar-refractivity contribution < 1.29 is 4.52 Å². The highest BCUT2D eigenvalue weighted by Gasteiger charge is 2.17. The molecule has 4 nitrogen and oxygen atoms in total. The van der Waals surface area contributed by atoms with Crippen molar-refractivity contribution in [1.82, 2.24) is 15.5 Å². The summed E-state index contributed by atoms with van der Waals surface area (Å²) in [7, 11) is 0. The van der Waals surface area contributed by atoms with Gasteiger partial charge < -0.3 is 4.52 Å². The monoisotopic (exact) mass is 395 g/mol.